The van der Waals surface area contributed by atoms with Gasteiger partial charge in [-0.15, -0.1) is 0 Å². The Bertz CT molecular complexity index is 301. The third-order valence-corrected chi connectivity index (χ3v) is 5.62. The van der Waals surface area contributed by atoms with Crippen molar-refractivity contribution in [3.63, 3.8) is 0 Å². The molecule has 1 spiro atoms. The lowest BCUT2D eigenvalue weighted by atomic mass is 9.83. The molecule has 0 aromatic carbocycles. The van der Waals surface area contributed by atoms with E-state index in [4.69, 9.17) is 4.74 Å². The van der Waals surface area contributed by atoms with Crippen LogP contribution in [0.2, 0.25) is 0 Å². The van der Waals surface area contributed by atoms with Crippen molar-refractivity contribution < 1.29 is 4.74 Å². The smallest absolute Gasteiger partial charge is 0.0710 e. The summed E-state index contributed by atoms with van der Waals surface area (Å²) in [7, 11) is 0. The van der Waals surface area contributed by atoms with Crippen LogP contribution in [-0.4, -0.2) is 48.8 Å². The molecule has 3 rings (SSSR count). The van der Waals surface area contributed by atoms with E-state index in [1.807, 2.05) is 0 Å². The Morgan fingerprint density at radius 1 is 1.15 bits per heavy atom. The number of ether oxygens (including phenoxy) is 1. The Labute approximate surface area is 124 Å². The normalized spacial score (nSPS) is 35.2. The van der Waals surface area contributed by atoms with Crippen LogP contribution in [0.4, 0.5) is 0 Å². The minimum atomic E-state index is 0.289. The SMILES string of the molecule is CCC1CN(CC2CCC3(CCCCC3)O2)CCCN1. The number of hydrogen-bond donors (Lipinski definition) is 1. The van der Waals surface area contributed by atoms with Gasteiger partial charge in [-0.05, 0) is 51.6 Å². The van der Waals surface area contributed by atoms with Crippen LogP contribution in [0.5, 0.6) is 0 Å². The molecule has 20 heavy (non-hydrogen) atoms. The second kappa shape index (κ2) is 6.76. The standard InChI is InChI=1S/C17H32N2O/c1-2-15-13-19(12-6-11-18-15)14-16-7-10-17(20-16)8-4-3-5-9-17/h15-16,18H,2-14H2,1H3. The minimum Gasteiger partial charge on any atom is -0.370 e. The van der Waals surface area contributed by atoms with Crippen LogP contribution >= 0.6 is 0 Å². The summed E-state index contributed by atoms with van der Waals surface area (Å²) in [4.78, 5) is 2.65. The second-order valence-corrected chi connectivity index (χ2v) is 7.19. The molecule has 2 unspecified atom stereocenters. The summed E-state index contributed by atoms with van der Waals surface area (Å²) in [5.74, 6) is 0. The zero-order valence-electron chi connectivity index (χ0n) is 13.2. The number of hydrogen-bond acceptors (Lipinski definition) is 3. The molecule has 116 valence electrons. The van der Waals surface area contributed by atoms with Crippen LogP contribution in [-0.2, 0) is 4.74 Å². The molecule has 3 heteroatoms. The number of nitrogens with one attached hydrogen (secondary N) is 1. The van der Waals surface area contributed by atoms with Gasteiger partial charge in [0.25, 0.3) is 0 Å². The lowest BCUT2D eigenvalue weighted by Gasteiger charge is -2.34. The van der Waals surface area contributed by atoms with Crippen molar-refractivity contribution in [2.75, 3.05) is 26.2 Å². The third-order valence-electron chi connectivity index (χ3n) is 5.62. The van der Waals surface area contributed by atoms with Gasteiger partial charge in [0.05, 0.1) is 11.7 Å². The van der Waals surface area contributed by atoms with E-state index in [-0.39, 0.29) is 5.60 Å². The van der Waals surface area contributed by atoms with Gasteiger partial charge in [-0.2, -0.15) is 0 Å². The van der Waals surface area contributed by atoms with Crippen molar-refractivity contribution >= 4 is 0 Å². The van der Waals surface area contributed by atoms with E-state index in [1.54, 1.807) is 0 Å². The fourth-order valence-electron chi connectivity index (χ4n) is 4.39. The van der Waals surface area contributed by atoms with E-state index in [0.717, 1.165) is 0 Å². The summed E-state index contributed by atoms with van der Waals surface area (Å²) in [5.41, 5.74) is 0.289. The molecular weight excluding hydrogens is 248 g/mol. The van der Waals surface area contributed by atoms with Crippen LogP contribution in [0.25, 0.3) is 0 Å². The fraction of sp³-hybridized carbons (Fsp3) is 1.00. The first kappa shape index (κ1) is 14.8. The summed E-state index contributed by atoms with van der Waals surface area (Å²) >= 11 is 0. The van der Waals surface area contributed by atoms with Gasteiger partial charge in [0, 0.05) is 19.1 Å². The van der Waals surface area contributed by atoms with Crippen LogP contribution < -0.4 is 5.32 Å². The van der Waals surface area contributed by atoms with Crippen molar-refractivity contribution in [1.29, 1.82) is 0 Å². The van der Waals surface area contributed by atoms with Crippen molar-refractivity contribution in [2.45, 2.75) is 82.5 Å². The molecule has 3 aliphatic rings. The fourth-order valence-corrected chi connectivity index (χ4v) is 4.39. The van der Waals surface area contributed by atoms with Crippen molar-refractivity contribution in [1.82, 2.24) is 10.2 Å². The van der Waals surface area contributed by atoms with E-state index in [1.165, 1.54) is 84.0 Å². The van der Waals surface area contributed by atoms with Crippen LogP contribution in [0.15, 0.2) is 0 Å². The molecule has 3 nitrogen and oxygen atoms in total. The molecule has 3 fully saturated rings. The Hall–Kier alpha value is -0.120. The van der Waals surface area contributed by atoms with Gasteiger partial charge in [-0.1, -0.05) is 26.2 Å². The predicted molar refractivity (Wildman–Crippen MR) is 83.1 cm³/mol. The summed E-state index contributed by atoms with van der Waals surface area (Å²) < 4.78 is 6.54. The molecule has 1 N–H and O–H groups in total. The van der Waals surface area contributed by atoms with Crippen LogP contribution in [0.3, 0.4) is 0 Å². The second-order valence-electron chi connectivity index (χ2n) is 7.19. The molecule has 2 heterocycles. The van der Waals surface area contributed by atoms with Gasteiger partial charge in [0.2, 0.25) is 0 Å². The maximum atomic E-state index is 6.54. The predicted octanol–water partition coefficient (Wildman–Crippen LogP) is 2.94. The zero-order valence-corrected chi connectivity index (χ0v) is 13.2. The molecule has 1 aliphatic carbocycles. The highest BCUT2D eigenvalue weighted by molar-refractivity contribution is 4.92. The summed E-state index contributed by atoms with van der Waals surface area (Å²) in [6.07, 6.45) is 12.5. The summed E-state index contributed by atoms with van der Waals surface area (Å²) in [5, 5.41) is 3.66. The number of rotatable bonds is 3. The molecule has 0 radical (unpaired) electrons. The van der Waals surface area contributed by atoms with Gasteiger partial charge in [0.15, 0.2) is 0 Å². The maximum Gasteiger partial charge on any atom is 0.0710 e. The maximum absolute atomic E-state index is 6.54. The average molecular weight is 280 g/mol. The first-order valence-corrected chi connectivity index (χ1v) is 8.93. The highest BCUT2D eigenvalue weighted by Crippen LogP contribution is 2.42. The molecule has 2 saturated heterocycles. The van der Waals surface area contributed by atoms with Crippen molar-refractivity contribution in [3.05, 3.63) is 0 Å². The van der Waals surface area contributed by atoms with Crippen molar-refractivity contribution in [3.8, 4) is 0 Å². The molecule has 0 aromatic heterocycles. The molecule has 2 aliphatic heterocycles. The first-order chi connectivity index (χ1) is 9.80. The lowest BCUT2D eigenvalue weighted by molar-refractivity contribution is -0.0718. The van der Waals surface area contributed by atoms with Gasteiger partial charge in [-0.25, -0.2) is 0 Å². The molecule has 1 saturated carbocycles. The molecular formula is C17H32N2O. The third kappa shape index (κ3) is 3.55. The zero-order chi connectivity index (χ0) is 13.8. The monoisotopic (exact) mass is 280 g/mol. The quantitative estimate of drug-likeness (QED) is 0.860. The Morgan fingerprint density at radius 3 is 2.80 bits per heavy atom. The Morgan fingerprint density at radius 2 is 2.00 bits per heavy atom. The van der Waals surface area contributed by atoms with Crippen LogP contribution in [0, 0.1) is 0 Å². The van der Waals surface area contributed by atoms with Gasteiger partial charge in [0.1, 0.15) is 0 Å². The average Bonchev–Trinajstić information content (AvgIpc) is 2.71. The molecule has 0 bridgehead atoms. The van der Waals surface area contributed by atoms with Gasteiger partial charge in [-0.3, -0.25) is 4.90 Å². The Kier molecular flexibility index (Phi) is 5.00. The van der Waals surface area contributed by atoms with E-state index < -0.39 is 0 Å². The first-order valence-electron chi connectivity index (χ1n) is 8.93. The van der Waals surface area contributed by atoms with E-state index in [0.29, 0.717) is 12.1 Å². The van der Waals surface area contributed by atoms with Gasteiger partial charge >= 0.3 is 0 Å². The summed E-state index contributed by atoms with van der Waals surface area (Å²) in [6.45, 7) is 7.11. The number of nitrogens with zero attached hydrogens (tertiary/aromatic N) is 1. The minimum absolute atomic E-state index is 0.289. The van der Waals surface area contributed by atoms with Crippen molar-refractivity contribution in [2.24, 2.45) is 0 Å². The molecule has 0 aromatic rings. The Balaban J connectivity index is 1.50. The highest BCUT2D eigenvalue weighted by Gasteiger charge is 2.41. The lowest BCUT2D eigenvalue weighted by Crippen LogP contribution is -2.41. The molecule has 0 amide bonds. The van der Waals surface area contributed by atoms with Crippen LogP contribution in [0.1, 0.15) is 64.7 Å². The highest BCUT2D eigenvalue weighted by atomic mass is 16.5. The van der Waals surface area contributed by atoms with E-state index in [9.17, 15) is 0 Å². The van der Waals surface area contributed by atoms with E-state index in [2.05, 4.69) is 17.1 Å². The molecule has 2 atom stereocenters. The summed E-state index contributed by atoms with van der Waals surface area (Å²) in [6, 6.07) is 0.683. The van der Waals surface area contributed by atoms with Gasteiger partial charge < -0.3 is 10.1 Å². The largest absolute Gasteiger partial charge is 0.370 e. The topological polar surface area (TPSA) is 24.5 Å². The van der Waals surface area contributed by atoms with E-state index >= 15 is 0 Å².